The van der Waals surface area contributed by atoms with Crippen LogP contribution in [0.4, 0.5) is 0 Å². The normalized spacial score (nSPS) is 22.3. The Hall–Kier alpha value is -0.530. The standard InChI is InChI=1S/C13H15ClO/c14-12-8-10(13(15)5-6-13)7-9-3-1-2-4-11(9)12/h7-8,15H,1-6H2. The molecule has 2 heteroatoms. The van der Waals surface area contributed by atoms with Gasteiger partial charge in [0.1, 0.15) is 0 Å². The minimum absolute atomic E-state index is 0.546. The Morgan fingerprint density at radius 3 is 2.60 bits per heavy atom. The summed E-state index contributed by atoms with van der Waals surface area (Å²) in [6.45, 7) is 0. The molecular formula is C13H15ClO. The van der Waals surface area contributed by atoms with Gasteiger partial charge in [-0.2, -0.15) is 0 Å². The molecule has 1 aromatic rings. The first-order valence-corrected chi connectivity index (χ1v) is 6.11. The lowest BCUT2D eigenvalue weighted by molar-refractivity contribution is 0.151. The Kier molecular flexibility index (Phi) is 2.08. The van der Waals surface area contributed by atoms with E-state index >= 15 is 0 Å². The van der Waals surface area contributed by atoms with Gasteiger partial charge < -0.3 is 5.11 Å². The van der Waals surface area contributed by atoms with Crippen molar-refractivity contribution in [3.05, 3.63) is 33.8 Å². The maximum atomic E-state index is 10.1. The van der Waals surface area contributed by atoms with E-state index < -0.39 is 5.60 Å². The molecule has 2 aliphatic carbocycles. The molecule has 1 N–H and O–H groups in total. The lowest BCUT2D eigenvalue weighted by Crippen LogP contribution is -2.09. The van der Waals surface area contributed by atoms with E-state index in [1.807, 2.05) is 6.07 Å². The van der Waals surface area contributed by atoms with Crippen molar-refractivity contribution in [2.45, 2.75) is 44.1 Å². The average molecular weight is 223 g/mol. The highest BCUT2D eigenvalue weighted by molar-refractivity contribution is 6.31. The van der Waals surface area contributed by atoms with Crippen molar-refractivity contribution in [1.29, 1.82) is 0 Å². The van der Waals surface area contributed by atoms with Gasteiger partial charge in [-0.3, -0.25) is 0 Å². The van der Waals surface area contributed by atoms with Gasteiger partial charge in [0.2, 0.25) is 0 Å². The quantitative estimate of drug-likeness (QED) is 0.774. The molecule has 1 nitrogen and oxygen atoms in total. The molecule has 3 rings (SSSR count). The predicted molar refractivity (Wildman–Crippen MR) is 61.2 cm³/mol. The smallest absolute Gasteiger partial charge is 0.0899 e. The number of hydrogen-bond donors (Lipinski definition) is 1. The number of halogens is 1. The molecule has 1 fully saturated rings. The van der Waals surface area contributed by atoms with Gasteiger partial charge in [-0.25, -0.2) is 0 Å². The highest BCUT2D eigenvalue weighted by atomic mass is 35.5. The van der Waals surface area contributed by atoms with Crippen LogP contribution in [0.15, 0.2) is 12.1 Å². The van der Waals surface area contributed by atoms with E-state index in [1.54, 1.807) is 0 Å². The first-order chi connectivity index (χ1) is 7.19. The Morgan fingerprint density at radius 1 is 1.13 bits per heavy atom. The molecule has 0 amide bonds. The number of rotatable bonds is 1. The zero-order valence-electron chi connectivity index (χ0n) is 8.72. The lowest BCUT2D eigenvalue weighted by Gasteiger charge is -2.20. The van der Waals surface area contributed by atoms with E-state index in [0.717, 1.165) is 36.3 Å². The third kappa shape index (κ3) is 1.58. The zero-order valence-corrected chi connectivity index (χ0v) is 9.48. The van der Waals surface area contributed by atoms with E-state index in [4.69, 9.17) is 11.6 Å². The SMILES string of the molecule is OC1(c2cc(Cl)c3c(c2)CCCC3)CC1. The Balaban J connectivity index is 2.08. The second kappa shape index (κ2) is 3.23. The molecule has 0 aliphatic heterocycles. The van der Waals surface area contributed by atoms with Crippen molar-refractivity contribution in [3.8, 4) is 0 Å². The van der Waals surface area contributed by atoms with Crippen molar-refractivity contribution in [1.82, 2.24) is 0 Å². The Labute approximate surface area is 95.1 Å². The largest absolute Gasteiger partial charge is 0.385 e. The van der Waals surface area contributed by atoms with E-state index in [2.05, 4.69) is 6.07 Å². The van der Waals surface area contributed by atoms with Crippen LogP contribution < -0.4 is 0 Å². The van der Waals surface area contributed by atoms with E-state index in [9.17, 15) is 5.11 Å². The van der Waals surface area contributed by atoms with Gasteiger partial charge in [0.05, 0.1) is 5.60 Å². The number of hydrogen-bond acceptors (Lipinski definition) is 1. The molecule has 0 unspecified atom stereocenters. The highest BCUT2D eigenvalue weighted by Gasteiger charge is 2.42. The Morgan fingerprint density at radius 2 is 1.87 bits per heavy atom. The van der Waals surface area contributed by atoms with Crippen LogP contribution in [0, 0.1) is 0 Å². The van der Waals surface area contributed by atoms with Gasteiger partial charge in [-0.05, 0) is 61.3 Å². The third-order valence-electron chi connectivity index (χ3n) is 3.67. The van der Waals surface area contributed by atoms with E-state index in [-0.39, 0.29) is 0 Å². The number of fused-ring (bicyclic) bond motifs is 1. The van der Waals surface area contributed by atoms with Gasteiger partial charge in [0.25, 0.3) is 0 Å². The number of aliphatic hydroxyl groups is 1. The summed E-state index contributed by atoms with van der Waals surface area (Å²) in [6, 6.07) is 4.14. The first-order valence-electron chi connectivity index (χ1n) is 5.73. The fourth-order valence-corrected chi connectivity index (χ4v) is 2.82. The van der Waals surface area contributed by atoms with Gasteiger partial charge in [0, 0.05) is 5.02 Å². The lowest BCUT2D eigenvalue weighted by atomic mass is 9.89. The molecule has 15 heavy (non-hydrogen) atoms. The van der Waals surface area contributed by atoms with Crippen LogP contribution >= 0.6 is 11.6 Å². The van der Waals surface area contributed by atoms with E-state index in [1.165, 1.54) is 24.0 Å². The van der Waals surface area contributed by atoms with Crippen LogP contribution in [0.2, 0.25) is 5.02 Å². The average Bonchev–Trinajstić information content (AvgIpc) is 2.98. The summed E-state index contributed by atoms with van der Waals surface area (Å²) in [4.78, 5) is 0. The maximum absolute atomic E-state index is 10.1. The summed E-state index contributed by atoms with van der Waals surface area (Å²) in [7, 11) is 0. The fraction of sp³-hybridized carbons (Fsp3) is 0.538. The number of aryl methyl sites for hydroxylation is 1. The van der Waals surface area contributed by atoms with Gasteiger partial charge in [-0.1, -0.05) is 17.7 Å². The summed E-state index contributed by atoms with van der Waals surface area (Å²) in [5.74, 6) is 0. The second-order valence-electron chi connectivity index (χ2n) is 4.83. The zero-order chi connectivity index (χ0) is 10.5. The topological polar surface area (TPSA) is 20.2 Å². The summed E-state index contributed by atoms with van der Waals surface area (Å²) >= 11 is 6.27. The third-order valence-corrected chi connectivity index (χ3v) is 4.01. The molecule has 2 aliphatic rings. The molecule has 0 atom stereocenters. The highest BCUT2D eigenvalue weighted by Crippen LogP contribution is 2.47. The molecule has 1 saturated carbocycles. The van der Waals surface area contributed by atoms with Crippen molar-refractivity contribution in [2.75, 3.05) is 0 Å². The molecule has 80 valence electrons. The second-order valence-corrected chi connectivity index (χ2v) is 5.24. The summed E-state index contributed by atoms with van der Waals surface area (Å²) in [5.41, 5.74) is 3.17. The summed E-state index contributed by atoms with van der Waals surface area (Å²) in [5, 5.41) is 10.9. The molecule has 0 bridgehead atoms. The minimum atomic E-state index is -0.546. The van der Waals surface area contributed by atoms with Crippen LogP contribution in [0.1, 0.15) is 42.4 Å². The van der Waals surface area contributed by atoms with Crippen LogP contribution in [-0.4, -0.2) is 5.11 Å². The molecule has 1 aromatic carbocycles. The minimum Gasteiger partial charge on any atom is -0.385 e. The van der Waals surface area contributed by atoms with Crippen molar-refractivity contribution in [2.24, 2.45) is 0 Å². The molecule has 0 radical (unpaired) electrons. The monoisotopic (exact) mass is 222 g/mol. The Bertz CT molecular complexity index is 407. The van der Waals surface area contributed by atoms with Crippen molar-refractivity contribution < 1.29 is 5.11 Å². The maximum Gasteiger partial charge on any atom is 0.0899 e. The molecular weight excluding hydrogens is 208 g/mol. The fourth-order valence-electron chi connectivity index (χ4n) is 2.49. The first kappa shape index (κ1) is 9.68. The molecule has 0 saturated heterocycles. The van der Waals surface area contributed by atoms with Crippen molar-refractivity contribution >= 4 is 11.6 Å². The molecule has 0 spiro atoms. The predicted octanol–water partition coefficient (Wildman–Crippen LogP) is 3.20. The van der Waals surface area contributed by atoms with Crippen LogP contribution in [-0.2, 0) is 18.4 Å². The van der Waals surface area contributed by atoms with Gasteiger partial charge in [0.15, 0.2) is 0 Å². The van der Waals surface area contributed by atoms with Crippen LogP contribution in [0.5, 0.6) is 0 Å². The van der Waals surface area contributed by atoms with Crippen LogP contribution in [0.3, 0.4) is 0 Å². The molecule has 0 heterocycles. The van der Waals surface area contributed by atoms with Crippen molar-refractivity contribution in [3.63, 3.8) is 0 Å². The van der Waals surface area contributed by atoms with Gasteiger partial charge in [-0.15, -0.1) is 0 Å². The number of benzene rings is 1. The molecule has 0 aromatic heterocycles. The van der Waals surface area contributed by atoms with E-state index in [0.29, 0.717) is 0 Å². The van der Waals surface area contributed by atoms with Gasteiger partial charge >= 0.3 is 0 Å². The summed E-state index contributed by atoms with van der Waals surface area (Å²) in [6.07, 6.45) is 6.51. The van der Waals surface area contributed by atoms with Crippen LogP contribution in [0.25, 0.3) is 0 Å². The summed E-state index contributed by atoms with van der Waals surface area (Å²) < 4.78 is 0.